The summed E-state index contributed by atoms with van der Waals surface area (Å²) in [6, 6.07) is 0. The third-order valence-corrected chi connectivity index (χ3v) is 5.75. The molecule has 0 unspecified atom stereocenters. The van der Waals surface area contributed by atoms with Gasteiger partial charge in [0.05, 0.1) is 26.2 Å². The van der Waals surface area contributed by atoms with Gasteiger partial charge in [-0.15, -0.1) is 0 Å². The second-order valence-electron chi connectivity index (χ2n) is 3.89. The van der Waals surface area contributed by atoms with E-state index in [1.165, 1.54) is 6.26 Å². The molecule has 0 fully saturated rings. The highest BCUT2D eigenvalue weighted by Gasteiger charge is 2.19. The van der Waals surface area contributed by atoms with E-state index < -0.39 is 8.87 Å². The molecule has 0 rings (SSSR count). The van der Waals surface area contributed by atoms with E-state index in [2.05, 4.69) is 20.8 Å². The van der Waals surface area contributed by atoms with Gasteiger partial charge in [0.2, 0.25) is 0 Å². The monoisotopic (exact) mass is 254 g/mol. The smallest absolute Gasteiger partial charge is 0.198 e. The molecule has 5 heteroatoms. The van der Waals surface area contributed by atoms with Crippen LogP contribution in [0.4, 0.5) is 0 Å². The quantitative estimate of drug-likeness (QED) is 0.377. The van der Waals surface area contributed by atoms with Crippen LogP contribution in [-0.2, 0) is 8.87 Å². The fourth-order valence-corrected chi connectivity index (χ4v) is 3.57. The highest BCUT2D eigenvalue weighted by atomic mass is 33.1. The van der Waals surface area contributed by atoms with Crippen LogP contribution >= 0.6 is 10.8 Å². The van der Waals surface area contributed by atoms with E-state index in [-0.39, 0.29) is 0 Å². The van der Waals surface area contributed by atoms with Gasteiger partial charge in [0.15, 0.2) is 8.87 Å². The number of quaternary nitrogens is 1. The van der Waals surface area contributed by atoms with Crippen LogP contribution in [0.1, 0.15) is 27.2 Å². The number of hydrogen-bond donors (Lipinski definition) is 0. The lowest BCUT2D eigenvalue weighted by molar-refractivity contribution is -0.923. The molecule has 0 atom stereocenters. The minimum Gasteiger partial charge on any atom is -0.324 e. The third-order valence-electron chi connectivity index (χ3n) is 3.09. The van der Waals surface area contributed by atoms with Crippen molar-refractivity contribution in [2.45, 2.75) is 27.2 Å². The summed E-state index contributed by atoms with van der Waals surface area (Å²) in [5.41, 5.74) is 0. The summed E-state index contributed by atoms with van der Waals surface area (Å²) < 4.78 is 22.9. The molecule has 3 nitrogen and oxygen atoms in total. The molecule has 0 aliphatic carbocycles. The van der Waals surface area contributed by atoms with Crippen molar-refractivity contribution in [1.82, 2.24) is 0 Å². The summed E-state index contributed by atoms with van der Waals surface area (Å²) in [7, 11) is -1.78. The summed E-state index contributed by atoms with van der Waals surface area (Å²) >= 11 is 0. The zero-order chi connectivity index (χ0) is 11.9. The van der Waals surface area contributed by atoms with Gasteiger partial charge in [0.1, 0.15) is 0 Å². The summed E-state index contributed by atoms with van der Waals surface area (Å²) in [6.45, 7) is 11.1. The Kier molecular flexibility index (Phi) is 6.88. The van der Waals surface area contributed by atoms with E-state index in [0.29, 0.717) is 0 Å². The fraction of sp³-hybridized carbons (Fsp3) is 1.00. The molecular formula is C10H24NO2S2+. The van der Waals surface area contributed by atoms with Crippen LogP contribution in [0.3, 0.4) is 0 Å². The molecule has 0 aromatic carbocycles. The lowest BCUT2D eigenvalue weighted by atomic mass is 10.3. The zero-order valence-corrected chi connectivity index (χ0v) is 12.0. The van der Waals surface area contributed by atoms with Gasteiger partial charge in [-0.05, 0) is 31.6 Å². The van der Waals surface area contributed by atoms with Crippen LogP contribution in [0.25, 0.3) is 0 Å². The first kappa shape index (κ1) is 15.3. The Bertz CT molecular complexity index is 250. The van der Waals surface area contributed by atoms with E-state index in [1.54, 1.807) is 0 Å². The Morgan fingerprint density at radius 2 is 1.53 bits per heavy atom. The number of hydrogen-bond acceptors (Lipinski definition) is 3. The molecular weight excluding hydrogens is 230 g/mol. The molecule has 0 bridgehead atoms. The molecule has 0 amide bonds. The molecule has 0 N–H and O–H groups in total. The van der Waals surface area contributed by atoms with Crippen molar-refractivity contribution in [3.05, 3.63) is 0 Å². The SMILES string of the molecule is CC[N+](CC)(CC)CCCSS(C)(=O)=O. The topological polar surface area (TPSA) is 34.1 Å². The Labute approximate surface area is 98.1 Å². The molecule has 0 aromatic heterocycles. The van der Waals surface area contributed by atoms with Crippen LogP contribution in [0.2, 0.25) is 0 Å². The number of nitrogens with zero attached hydrogens (tertiary/aromatic N) is 1. The molecule has 0 saturated carbocycles. The van der Waals surface area contributed by atoms with Crippen LogP contribution < -0.4 is 0 Å². The van der Waals surface area contributed by atoms with Crippen molar-refractivity contribution in [3.63, 3.8) is 0 Å². The van der Waals surface area contributed by atoms with E-state index in [0.717, 1.165) is 53.6 Å². The third kappa shape index (κ3) is 6.43. The summed E-state index contributed by atoms with van der Waals surface area (Å²) in [4.78, 5) is 0. The average Bonchev–Trinajstić information content (AvgIpc) is 2.18. The molecule has 0 saturated heterocycles. The normalized spacial score (nSPS) is 13.1. The van der Waals surface area contributed by atoms with Crippen LogP contribution in [0.15, 0.2) is 0 Å². The Morgan fingerprint density at radius 3 is 1.87 bits per heavy atom. The van der Waals surface area contributed by atoms with E-state index >= 15 is 0 Å². The van der Waals surface area contributed by atoms with E-state index in [9.17, 15) is 8.42 Å². The van der Waals surface area contributed by atoms with Gasteiger partial charge in [0, 0.05) is 18.4 Å². The molecule has 0 spiro atoms. The Morgan fingerprint density at radius 1 is 1.07 bits per heavy atom. The van der Waals surface area contributed by atoms with Crippen molar-refractivity contribution in [2.75, 3.05) is 38.2 Å². The molecule has 0 radical (unpaired) electrons. The molecule has 0 aliphatic heterocycles. The molecule has 0 aromatic rings. The van der Waals surface area contributed by atoms with E-state index in [4.69, 9.17) is 0 Å². The largest absolute Gasteiger partial charge is 0.324 e. The first-order valence-corrected chi connectivity index (χ1v) is 8.98. The van der Waals surface area contributed by atoms with E-state index in [1.807, 2.05) is 0 Å². The van der Waals surface area contributed by atoms with Gasteiger partial charge < -0.3 is 4.48 Å². The van der Waals surface area contributed by atoms with Crippen molar-refractivity contribution < 1.29 is 12.9 Å². The first-order chi connectivity index (χ1) is 6.89. The lowest BCUT2D eigenvalue weighted by Gasteiger charge is -2.35. The molecule has 0 heterocycles. The van der Waals surface area contributed by atoms with Gasteiger partial charge in [0.25, 0.3) is 0 Å². The predicted octanol–water partition coefficient (Wildman–Crippen LogP) is 1.95. The van der Waals surface area contributed by atoms with Crippen molar-refractivity contribution in [2.24, 2.45) is 0 Å². The Hall–Kier alpha value is 0.260. The highest BCUT2D eigenvalue weighted by Crippen LogP contribution is 2.14. The zero-order valence-electron chi connectivity index (χ0n) is 10.3. The highest BCUT2D eigenvalue weighted by molar-refractivity contribution is 8.71. The maximum atomic E-state index is 10.9. The first-order valence-electron chi connectivity index (χ1n) is 5.58. The van der Waals surface area contributed by atoms with Gasteiger partial charge in [-0.3, -0.25) is 0 Å². The van der Waals surface area contributed by atoms with Gasteiger partial charge in [-0.2, -0.15) is 0 Å². The second kappa shape index (κ2) is 6.76. The molecule has 92 valence electrons. The summed E-state index contributed by atoms with van der Waals surface area (Å²) in [5, 5.41) is 0. The maximum Gasteiger partial charge on any atom is 0.198 e. The van der Waals surface area contributed by atoms with Gasteiger partial charge in [-0.25, -0.2) is 8.42 Å². The standard InChI is InChI=1S/C10H24NO2S2/c1-5-11(6-2,7-3)9-8-10-14-15(4,12)13/h5-10H2,1-4H3/q+1. The second-order valence-corrected chi connectivity index (χ2v) is 8.47. The van der Waals surface area contributed by atoms with Crippen molar-refractivity contribution in [3.8, 4) is 0 Å². The Balaban J connectivity index is 3.92. The fourth-order valence-electron chi connectivity index (χ4n) is 1.76. The number of rotatable bonds is 8. The van der Waals surface area contributed by atoms with Gasteiger partial charge >= 0.3 is 0 Å². The van der Waals surface area contributed by atoms with Crippen LogP contribution in [-0.4, -0.2) is 51.1 Å². The van der Waals surface area contributed by atoms with Crippen LogP contribution in [0, 0.1) is 0 Å². The summed E-state index contributed by atoms with van der Waals surface area (Å²) in [6.07, 6.45) is 2.26. The van der Waals surface area contributed by atoms with Gasteiger partial charge in [-0.1, -0.05) is 0 Å². The van der Waals surface area contributed by atoms with Crippen molar-refractivity contribution >= 4 is 19.7 Å². The predicted molar refractivity (Wildman–Crippen MR) is 68.7 cm³/mol. The lowest BCUT2D eigenvalue weighted by Crippen LogP contribution is -2.48. The molecule has 0 aliphatic rings. The van der Waals surface area contributed by atoms with Crippen LogP contribution in [0.5, 0.6) is 0 Å². The summed E-state index contributed by atoms with van der Waals surface area (Å²) in [5.74, 6) is 0.721. The van der Waals surface area contributed by atoms with Crippen molar-refractivity contribution in [1.29, 1.82) is 0 Å². The minimum atomic E-state index is -2.85. The maximum absolute atomic E-state index is 10.9. The average molecular weight is 254 g/mol. The molecule has 15 heavy (non-hydrogen) atoms. The minimum absolute atomic E-state index is 0.721.